The predicted octanol–water partition coefficient (Wildman–Crippen LogP) is 0.527. The summed E-state index contributed by atoms with van der Waals surface area (Å²) in [7, 11) is 0. The van der Waals surface area contributed by atoms with Crippen molar-refractivity contribution < 1.29 is 0 Å². The minimum Gasteiger partial charge on any atom is -0.327 e. The van der Waals surface area contributed by atoms with Crippen LogP contribution in [-0.2, 0) is 0 Å². The summed E-state index contributed by atoms with van der Waals surface area (Å²) in [5, 5.41) is 0. The number of rotatable bonds is 4. The first kappa shape index (κ1) is 11.7. The molecule has 0 radical (unpaired) electrons. The van der Waals surface area contributed by atoms with Crippen molar-refractivity contribution in [3.63, 3.8) is 0 Å². The second-order valence-corrected chi connectivity index (χ2v) is 4.36. The Morgan fingerprint density at radius 1 is 1.29 bits per heavy atom. The molecule has 0 bridgehead atoms. The average Bonchev–Trinajstić information content (AvgIpc) is 2.18. The number of nitrogens with zero attached hydrogens (tertiary/aromatic N) is 2. The van der Waals surface area contributed by atoms with Crippen LogP contribution in [0.25, 0.3) is 0 Å². The van der Waals surface area contributed by atoms with Crippen LogP contribution in [0.4, 0.5) is 0 Å². The summed E-state index contributed by atoms with van der Waals surface area (Å²) < 4.78 is 0. The molecule has 3 heteroatoms. The molecule has 0 aromatic carbocycles. The monoisotopic (exact) mass is 197 g/mol. The molecule has 0 aliphatic carbocycles. The Bertz CT molecular complexity index is 181. The molecule has 1 rings (SSSR count). The first-order valence-corrected chi connectivity index (χ1v) is 5.46. The topological polar surface area (TPSA) is 32.5 Å². The van der Waals surface area contributed by atoms with Crippen LogP contribution in [0.5, 0.6) is 0 Å². The highest BCUT2D eigenvalue weighted by Gasteiger charge is 2.18. The Balaban J connectivity index is 2.25. The first-order valence-electron chi connectivity index (χ1n) is 5.46. The van der Waals surface area contributed by atoms with E-state index >= 15 is 0 Å². The van der Waals surface area contributed by atoms with Gasteiger partial charge in [0.05, 0.1) is 0 Å². The fourth-order valence-electron chi connectivity index (χ4n) is 1.82. The van der Waals surface area contributed by atoms with Crippen LogP contribution in [0, 0.1) is 0 Å². The summed E-state index contributed by atoms with van der Waals surface area (Å²) in [4.78, 5) is 4.95. The summed E-state index contributed by atoms with van der Waals surface area (Å²) in [6.07, 6.45) is 0. The Hall–Kier alpha value is -0.380. The van der Waals surface area contributed by atoms with E-state index in [2.05, 4.69) is 30.2 Å². The molecule has 14 heavy (non-hydrogen) atoms. The minimum absolute atomic E-state index is 0.615. The molecule has 0 saturated carbocycles. The van der Waals surface area contributed by atoms with Crippen LogP contribution in [0.3, 0.4) is 0 Å². The van der Waals surface area contributed by atoms with Crippen molar-refractivity contribution >= 4 is 0 Å². The Morgan fingerprint density at radius 2 is 1.86 bits per heavy atom. The summed E-state index contributed by atoms with van der Waals surface area (Å²) in [5.74, 6) is 0. The second-order valence-electron chi connectivity index (χ2n) is 4.36. The van der Waals surface area contributed by atoms with Crippen LogP contribution in [-0.4, -0.2) is 55.1 Å². The summed E-state index contributed by atoms with van der Waals surface area (Å²) >= 11 is 0. The maximum absolute atomic E-state index is 5.53. The van der Waals surface area contributed by atoms with Gasteiger partial charge < -0.3 is 5.73 Å². The highest BCUT2D eigenvalue weighted by molar-refractivity contribution is 4.99. The summed E-state index contributed by atoms with van der Waals surface area (Å²) in [6.45, 7) is 14.7. The molecule has 1 aliphatic rings. The minimum atomic E-state index is 0.615. The Labute approximate surface area is 87.6 Å². The highest BCUT2D eigenvalue weighted by atomic mass is 15.3. The molecular weight excluding hydrogens is 174 g/mol. The highest BCUT2D eigenvalue weighted by Crippen LogP contribution is 2.06. The molecule has 1 fully saturated rings. The van der Waals surface area contributed by atoms with E-state index in [9.17, 15) is 0 Å². The predicted molar refractivity (Wildman–Crippen MR) is 61.3 cm³/mol. The van der Waals surface area contributed by atoms with Gasteiger partial charge in [0, 0.05) is 45.3 Å². The van der Waals surface area contributed by atoms with E-state index in [-0.39, 0.29) is 0 Å². The number of nitrogens with two attached hydrogens (primary N) is 1. The fourth-order valence-corrected chi connectivity index (χ4v) is 1.82. The van der Waals surface area contributed by atoms with Crippen LogP contribution >= 0.6 is 0 Å². The van der Waals surface area contributed by atoms with Crippen LogP contribution < -0.4 is 5.73 Å². The fraction of sp³-hybridized carbons (Fsp3) is 0.818. The van der Waals surface area contributed by atoms with Crippen molar-refractivity contribution in [2.75, 3.05) is 39.3 Å². The number of hydrogen-bond donors (Lipinski definition) is 1. The zero-order valence-electron chi connectivity index (χ0n) is 9.50. The molecule has 1 saturated heterocycles. The molecule has 2 N–H and O–H groups in total. The number of hydrogen-bond acceptors (Lipinski definition) is 3. The SMILES string of the molecule is C=C(CN)CN1CCN(C(C)C)CC1. The molecule has 0 aromatic rings. The van der Waals surface area contributed by atoms with Gasteiger partial charge in [-0.2, -0.15) is 0 Å². The van der Waals surface area contributed by atoms with Crippen molar-refractivity contribution in [1.29, 1.82) is 0 Å². The van der Waals surface area contributed by atoms with E-state index in [1.54, 1.807) is 0 Å². The van der Waals surface area contributed by atoms with Gasteiger partial charge in [0.15, 0.2) is 0 Å². The van der Waals surface area contributed by atoms with Crippen LogP contribution in [0.2, 0.25) is 0 Å². The molecule has 0 amide bonds. The lowest BCUT2D eigenvalue weighted by molar-refractivity contribution is 0.115. The number of piperazine rings is 1. The van der Waals surface area contributed by atoms with Gasteiger partial charge in [-0.15, -0.1) is 0 Å². The smallest absolute Gasteiger partial charge is 0.0203 e. The van der Waals surface area contributed by atoms with Crippen molar-refractivity contribution in [2.24, 2.45) is 5.73 Å². The van der Waals surface area contributed by atoms with Gasteiger partial charge in [-0.1, -0.05) is 6.58 Å². The van der Waals surface area contributed by atoms with E-state index in [1.165, 1.54) is 13.1 Å². The van der Waals surface area contributed by atoms with Gasteiger partial charge in [-0.05, 0) is 19.4 Å². The van der Waals surface area contributed by atoms with E-state index in [4.69, 9.17) is 5.73 Å². The third kappa shape index (κ3) is 3.40. The Kier molecular flexibility index (Phi) is 4.58. The van der Waals surface area contributed by atoms with Gasteiger partial charge in [0.2, 0.25) is 0 Å². The average molecular weight is 197 g/mol. The van der Waals surface area contributed by atoms with Gasteiger partial charge in [0.1, 0.15) is 0 Å². The van der Waals surface area contributed by atoms with E-state index < -0.39 is 0 Å². The van der Waals surface area contributed by atoms with Crippen LogP contribution in [0.1, 0.15) is 13.8 Å². The molecule has 3 nitrogen and oxygen atoms in total. The molecule has 82 valence electrons. The Morgan fingerprint density at radius 3 is 2.29 bits per heavy atom. The van der Waals surface area contributed by atoms with E-state index in [1.807, 2.05) is 0 Å². The van der Waals surface area contributed by atoms with E-state index in [0.717, 1.165) is 25.2 Å². The van der Waals surface area contributed by atoms with Crippen molar-refractivity contribution in [1.82, 2.24) is 9.80 Å². The maximum atomic E-state index is 5.53. The molecule has 0 spiro atoms. The first-order chi connectivity index (χ1) is 6.63. The third-order valence-electron chi connectivity index (χ3n) is 2.87. The van der Waals surface area contributed by atoms with Gasteiger partial charge >= 0.3 is 0 Å². The molecule has 1 aliphatic heterocycles. The maximum Gasteiger partial charge on any atom is 0.0203 e. The van der Waals surface area contributed by atoms with Crippen molar-refractivity contribution in [3.8, 4) is 0 Å². The lowest BCUT2D eigenvalue weighted by Gasteiger charge is -2.37. The zero-order chi connectivity index (χ0) is 10.6. The normalized spacial score (nSPS) is 20.3. The largest absolute Gasteiger partial charge is 0.327 e. The van der Waals surface area contributed by atoms with Crippen LogP contribution in [0.15, 0.2) is 12.2 Å². The van der Waals surface area contributed by atoms with Gasteiger partial charge in [-0.3, -0.25) is 9.80 Å². The van der Waals surface area contributed by atoms with Gasteiger partial charge in [-0.25, -0.2) is 0 Å². The molecular formula is C11H23N3. The van der Waals surface area contributed by atoms with E-state index in [0.29, 0.717) is 12.6 Å². The molecule has 0 unspecified atom stereocenters. The molecule has 0 aromatic heterocycles. The standard InChI is InChI=1S/C11H23N3/c1-10(2)14-6-4-13(5-7-14)9-11(3)8-12/h10H,3-9,12H2,1-2H3. The van der Waals surface area contributed by atoms with Crippen molar-refractivity contribution in [2.45, 2.75) is 19.9 Å². The molecule has 1 heterocycles. The quantitative estimate of drug-likeness (QED) is 0.667. The lowest BCUT2D eigenvalue weighted by atomic mass is 10.2. The summed E-state index contributed by atoms with van der Waals surface area (Å²) in [5.41, 5.74) is 6.67. The molecule has 0 atom stereocenters. The van der Waals surface area contributed by atoms with Crippen molar-refractivity contribution in [3.05, 3.63) is 12.2 Å². The third-order valence-corrected chi connectivity index (χ3v) is 2.87. The van der Waals surface area contributed by atoms with Gasteiger partial charge in [0.25, 0.3) is 0 Å². The zero-order valence-corrected chi connectivity index (χ0v) is 9.50. The summed E-state index contributed by atoms with van der Waals surface area (Å²) in [6, 6.07) is 0.676. The lowest BCUT2D eigenvalue weighted by Crippen LogP contribution is -2.49. The second kappa shape index (κ2) is 5.49.